The molecule has 3 aromatic rings. The molecule has 220 valence electrons. The van der Waals surface area contributed by atoms with Gasteiger partial charge in [-0.2, -0.15) is 18.0 Å². The summed E-state index contributed by atoms with van der Waals surface area (Å²) >= 11 is 0. The molecule has 0 saturated carbocycles. The van der Waals surface area contributed by atoms with Gasteiger partial charge < -0.3 is 14.8 Å². The van der Waals surface area contributed by atoms with Gasteiger partial charge in [0.1, 0.15) is 17.0 Å². The van der Waals surface area contributed by atoms with E-state index < -0.39 is 44.5 Å². The Kier molecular flexibility index (Phi) is 8.86. The van der Waals surface area contributed by atoms with Crippen molar-refractivity contribution < 1.29 is 26.7 Å². The van der Waals surface area contributed by atoms with Gasteiger partial charge in [-0.1, -0.05) is 6.92 Å². The number of anilines is 1. The molecule has 3 heterocycles. The van der Waals surface area contributed by atoms with Crippen LogP contribution in [0.1, 0.15) is 37.8 Å². The molecule has 2 saturated heterocycles. The minimum absolute atomic E-state index is 0. The Hall–Kier alpha value is -3.35. The van der Waals surface area contributed by atoms with Crippen molar-refractivity contribution in [3.8, 4) is 17.6 Å². The number of benzene rings is 2. The number of piperidine rings is 1. The molecule has 1 atom stereocenters. The molecule has 2 N–H and O–H groups in total. The molecule has 15 heteroatoms. The number of rotatable bonds is 7. The normalized spacial score (nSPS) is 18.3. The minimum Gasteiger partial charge on any atom is -0.450 e. The lowest BCUT2D eigenvalue weighted by atomic mass is 9.88. The maximum Gasteiger partial charge on any atom is 0.301 e. The zero-order valence-corrected chi connectivity index (χ0v) is 23.9. The molecule has 2 aliphatic heterocycles. The van der Waals surface area contributed by atoms with Gasteiger partial charge in [0.05, 0.1) is 35.8 Å². The van der Waals surface area contributed by atoms with E-state index in [1.807, 2.05) is 0 Å². The van der Waals surface area contributed by atoms with Gasteiger partial charge in [0.2, 0.25) is 0 Å². The quantitative estimate of drug-likeness (QED) is 0.415. The van der Waals surface area contributed by atoms with Crippen molar-refractivity contribution in [2.45, 2.75) is 37.8 Å². The summed E-state index contributed by atoms with van der Waals surface area (Å²) < 4.78 is 71.7. The molecule has 5 rings (SSSR count). The van der Waals surface area contributed by atoms with Gasteiger partial charge in [-0.05, 0) is 56.6 Å². The van der Waals surface area contributed by atoms with Gasteiger partial charge in [0.15, 0.2) is 23.1 Å². The minimum atomic E-state index is -4.05. The SMILES string of the molecule is CCN(C)S(=O)(=O)Nc1ccc(F)c(Oc2ccc3ncn([C@H]4COC5(CCNCC5)C4)c(=O)c3c2F)c1C#N.Cl. The molecular formula is C26H29ClF2N6O5S. The predicted octanol–water partition coefficient (Wildman–Crippen LogP) is 3.45. The van der Waals surface area contributed by atoms with Crippen molar-refractivity contribution in [1.29, 1.82) is 5.26 Å². The van der Waals surface area contributed by atoms with E-state index >= 15 is 4.39 Å². The van der Waals surface area contributed by atoms with E-state index in [1.165, 1.54) is 30.1 Å². The van der Waals surface area contributed by atoms with E-state index in [0.29, 0.717) is 6.42 Å². The van der Waals surface area contributed by atoms with Crippen molar-refractivity contribution in [3.63, 3.8) is 0 Å². The van der Waals surface area contributed by atoms with Crippen molar-refractivity contribution in [2.75, 3.05) is 38.0 Å². The van der Waals surface area contributed by atoms with Gasteiger partial charge in [-0.15, -0.1) is 12.4 Å². The molecule has 41 heavy (non-hydrogen) atoms. The highest BCUT2D eigenvalue weighted by Crippen LogP contribution is 2.39. The second kappa shape index (κ2) is 11.9. The van der Waals surface area contributed by atoms with Crippen molar-refractivity contribution in [2.24, 2.45) is 0 Å². The smallest absolute Gasteiger partial charge is 0.301 e. The summed E-state index contributed by atoms with van der Waals surface area (Å²) in [5.41, 5.74) is -1.65. The van der Waals surface area contributed by atoms with E-state index in [4.69, 9.17) is 9.47 Å². The third kappa shape index (κ3) is 5.73. The van der Waals surface area contributed by atoms with Gasteiger partial charge >= 0.3 is 10.2 Å². The highest BCUT2D eigenvalue weighted by Gasteiger charge is 2.42. The van der Waals surface area contributed by atoms with Crippen molar-refractivity contribution in [1.82, 2.24) is 19.2 Å². The number of halogens is 3. The van der Waals surface area contributed by atoms with Crippen molar-refractivity contribution >= 4 is 39.2 Å². The highest BCUT2D eigenvalue weighted by molar-refractivity contribution is 7.90. The van der Waals surface area contributed by atoms with Crippen LogP contribution in [0, 0.1) is 23.0 Å². The van der Waals surface area contributed by atoms with Crippen molar-refractivity contribution in [3.05, 3.63) is 58.1 Å². The molecule has 0 radical (unpaired) electrons. The number of nitrogens with zero attached hydrogens (tertiary/aromatic N) is 4. The summed E-state index contributed by atoms with van der Waals surface area (Å²) in [6, 6.07) is 5.87. The van der Waals surface area contributed by atoms with E-state index in [9.17, 15) is 22.9 Å². The van der Waals surface area contributed by atoms with Crippen LogP contribution in [0.15, 0.2) is 35.4 Å². The molecule has 2 fully saturated rings. The highest BCUT2D eigenvalue weighted by atomic mass is 35.5. The Morgan fingerprint density at radius 1 is 1.29 bits per heavy atom. The Labute approximate surface area is 241 Å². The Balaban J connectivity index is 0.00000387. The number of fused-ring (bicyclic) bond motifs is 1. The standard InChI is InChI=1S/C26H28F2N6O5S.ClH/c1-3-33(2)40(36,37)32-19-5-4-18(27)24(17(19)13-29)39-21-7-6-20-22(23(21)28)25(35)34(15-31-20)16-12-26(38-14-16)8-10-30-11-9-26;/h4-7,15-16,30,32H,3,8-12,14H2,1-2H3;1H/t16-;/m1./s1. The molecule has 11 nitrogen and oxygen atoms in total. The average molecular weight is 611 g/mol. The molecule has 2 aliphatic rings. The number of nitrogens with one attached hydrogen (secondary N) is 2. The van der Waals surface area contributed by atoms with E-state index in [0.717, 1.165) is 42.4 Å². The number of ether oxygens (including phenoxy) is 2. The first kappa shape index (κ1) is 30.6. The van der Waals surface area contributed by atoms with Crippen LogP contribution in [-0.4, -0.2) is 61.2 Å². The number of hydrogen-bond donors (Lipinski definition) is 2. The zero-order chi connectivity index (χ0) is 28.7. The fourth-order valence-corrected chi connectivity index (χ4v) is 6.03. The van der Waals surface area contributed by atoms with Crippen LogP contribution in [-0.2, 0) is 14.9 Å². The summed E-state index contributed by atoms with van der Waals surface area (Å²) in [4.78, 5) is 17.7. The predicted molar refractivity (Wildman–Crippen MR) is 150 cm³/mol. The van der Waals surface area contributed by atoms with Crippen LogP contribution in [0.3, 0.4) is 0 Å². The van der Waals surface area contributed by atoms with Crippen LogP contribution in [0.25, 0.3) is 10.9 Å². The lowest BCUT2D eigenvalue weighted by Gasteiger charge is -2.32. The summed E-state index contributed by atoms with van der Waals surface area (Å²) in [6.45, 7) is 3.66. The average Bonchev–Trinajstić information content (AvgIpc) is 3.34. The number of hydrogen-bond acceptors (Lipinski definition) is 8. The Morgan fingerprint density at radius 2 is 2.02 bits per heavy atom. The summed E-state index contributed by atoms with van der Waals surface area (Å²) in [6.07, 6.45) is 3.58. The molecule has 1 aromatic heterocycles. The van der Waals surface area contributed by atoms with Crippen LogP contribution in [0.5, 0.6) is 11.5 Å². The third-order valence-corrected chi connectivity index (χ3v) is 9.04. The lowest BCUT2D eigenvalue weighted by molar-refractivity contribution is -0.0196. The second-order valence-electron chi connectivity index (χ2n) is 9.86. The van der Waals surface area contributed by atoms with E-state index in [1.54, 1.807) is 13.0 Å². The fraction of sp³-hybridized carbons (Fsp3) is 0.423. The molecular weight excluding hydrogens is 582 g/mol. The molecule has 2 aromatic carbocycles. The van der Waals surface area contributed by atoms with Crippen LogP contribution in [0.4, 0.5) is 14.5 Å². The molecule has 0 unspecified atom stereocenters. The lowest BCUT2D eigenvalue weighted by Crippen LogP contribution is -2.41. The van der Waals surface area contributed by atoms with E-state index in [2.05, 4.69) is 15.0 Å². The monoisotopic (exact) mass is 610 g/mol. The van der Waals surface area contributed by atoms with Gasteiger partial charge in [-0.3, -0.25) is 14.1 Å². The number of nitriles is 1. The fourth-order valence-electron chi connectivity index (χ4n) is 5.08. The van der Waals surface area contributed by atoms with Crippen LogP contribution in [0.2, 0.25) is 0 Å². The summed E-state index contributed by atoms with van der Waals surface area (Å²) in [5, 5.41) is 12.7. The first-order chi connectivity index (χ1) is 19.1. The van der Waals surface area contributed by atoms with Crippen LogP contribution >= 0.6 is 12.4 Å². The summed E-state index contributed by atoms with van der Waals surface area (Å²) in [7, 11) is -2.73. The number of aromatic nitrogens is 2. The molecule has 0 amide bonds. The van der Waals surface area contributed by atoms with Crippen LogP contribution < -0.4 is 20.3 Å². The second-order valence-corrected chi connectivity index (χ2v) is 11.6. The third-order valence-electron chi connectivity index (χ3n) is 7.48. The first-order valence-corrected chi connectivity index (χ1v) is 14.2. The summed E-state index contributed by atoms with van der Waals surface area (Å²) in [5.74, 6) is -3.33. The molecule has 0 aliphatic carbocycles. The largest absolute Gasteiger partial charge is 0.450 e. The zero-order valence-electron chi connectivity index (χ0n) is 22.3. The maximum atomic E-state index is 15.8. The van der Waals surface area contributed by atoms with Gasteiger partial charge in [-0.25, -0.2) is 13.8 Å². The van der Waals surface area contributed by atoms with E-state index in [-0.39, 0.29) is 53.8 Å². The Morgan fingerprint density at radius 3 is 2.71 bits per heavy atom. The van der Waals surface area contributed by atoms with Gasteiger partial charge in [0, 0.05) is 13.6 Å². The maximum absolute atomic E-state index is 15.8. The first-order valence-electron chi connectivity index (χ1n) is 12.8. The molecule has 1 spiro atoms. The molecule has 0 bridgehead atoms. The topological polar surface area (TPSA) is 139 Å². The Bertz CT molecular complexity index is 1670. The van der Waals surface area contributed by atoms with Gasteiger partial charge in [0.25, 0.3) is 5.56 Å².